The third kappa shape index (κ3) is 1.93. The van der Waals surface area contributed by atoms with Crippen LogP contribution >= 0.6 is 0 Å². The lowest BCUT2D eigenvalue weighted by molar-refractivity contribution is -0.105. The van der Waals surface area contributed by atoms with E-state index >= 15 is 0 Å². The van der Waals surface area contributed by atoms with Gasteiger partial charge in [0.2, 0.25) is 6.41 Å². The molecule has 1 aromatic heterocycles. The highest BCUT2D eigenvalue weighted by molar-refractivity contribution is 5.71. The third-order valence-electron chi connectivity index (χ3n) is 2.16. The van der Waals surface area contributed by atoms with Gasteiger partial charge in [0, 0.05) is 11.9 Å². The quantitative estimate of drug-likeness (QED) is 0.801. The molecule has 4 nitrogen and oxygen atoms in total. The van der Waals surface area contributed by atoms with E-state index in [4.69, 9.17) is 0 Å². The molecule has 0 aliphatic rings. The zero-order valence-electron chi connectivity index (χ0n) is 8.64. The summed E-state index contributed by atoms with van der Waals surface area (Å²) in [6.45, 7) is 1.83. The second-order valence-electron chi connectivity index (χ2n) is 3.35. The van der Waals surface area contributed by atoms with Crippen LogP contribution in [0.3, 0.4) is 0 Å². The number of carbonyl (C=O) groups excluding carboxylic acids is 1. The average molecular weight is 219 g/mol. The van der Waals surface area contributed by atoms with Crippen LogP contribution < -0.4 is 5.32 Å². The molecule has 0 fully saturated rings. The molecule has 0 aliphatic heterocycles. The molecule has 2 aromatic rings. The van der Waals surface area contributed by atoms with Gasteiger partial charge in [0.1, 0.15) is 5.82 Å². The van der Waals surface area contributed by atoms with Gasteiger partial charge in [0.25, 0.3) is 0 Å². The number of rotatable bonds is 3. The highest BCUT2D eigenvalue weighted by Crippen LogP contribution is 2.18. The fraction of sp³-hybridized carbons (Fsp3) is 0.0909. The van der Waals surface area contributed by atoms with E-state index in [9.17, 15) is 9.18 Å². The fourth-order valence-corrected chi connectivity index (χ4v) is 1.43. The van der Waals surface area contributed by atoms with Gasteiger partial charge in [-0.15, -0.1) is 0 Å². The van der Waals surface area contributed by atoms with Gasteiger partial charge in [-0.25, -0.2) is 9.37 Å². The van der Waals surface area contributed by atoms with E-state index in [-0.39, 0.29) is 0 Å². The SMILES string of the molecule is Cc1cn(-c2ccc(NC=O)cc2F)cn1. The first kappa shape index (κ1) is 10.4. The van der Waals surface area contributed by atoms with Crippen LogP contribution in [-0.4, -0.2) is 16.0 Å². The number of aryl methyl sites for hydroxylation is 1. The Morgan fingerprint density at radius 2 is 2.31 bits per heavy atom. The van der Waals surface area contributed by atoms with Crippen molar-refractivity contribution in [1.29, 1.82) is 0 Å². The summed E-state index contributed by atoms with van der Waals surface area (Å²) in [6.07, 6.45) is 3.78. The average Bonchev–Trinajstić information content (AvgIpc) is 2.65. The van der Waals surface area contributed by atoms with Crippen molar-refractivity contribution in [1.82, 2.24) is 9.55 Å². The van der Waals surface area contributed by atoms with Crippen molar-refractivity contribution < 1.29 is 9.18 Å². The molecule has 0 bridgehead atoms. The van der Waals surface area contributed by atoms with Crippen molar-refractivity contribution in [2.75, 3.05) is 5.32 Å². The van der Waals surface area contributed by atoms with Crippen LogP contribution in [0.5, 0.6) is 0 Å². The van der Waals surface area contributed by atoms with E-state index in [1.165, 1.54) is 6.07 Å². The Bertz CT molecular complexity index is 522. The summed E-state index contributed by atoms with van der Waals surface area (Å²) < 4.78 is 15.3. The highest BCUT2D eigenvalue weighted by atomic mass is 19.1. The van der Waals surface area contributed by atoms with Gasteiger partial charge >= 0.3 is 0 Å². The number of nitrogens with zero attached hydrogens (tertiary/aromatic N) is 2. The maximum absolute atomic E-state index is 13.7. The van der Waals surface area contributed by atoms with Gasteiger partial charge < -0.3 is 9.88 Å². The van der Waals surface area contributed by atoms with Crippen LogP contribution in [-0.2, 0) is 4.79 Å². The maximum atomic E-state index is 13.7. The summed E-state index contributed by atoms with van der Waals surface area (Å²) in [5.74, 6) is -0.413. The van der Waals surface area contributed by atoms with Crippen LogP contribution in [0.15, 0.2) is 30.7 Å². The van der Waals surface area contributed by atoms with Gasteiger partial charge in [-0.05, 0) is 25.1 Å². The summed E-state index contributed by atoms with van der Waals surface area (Å²) in [6, 6.07) is 4.48. The predicted molar refractivity (Wildman–Crippen MR) is 57.9 cm³/mol. The number of hydrogen-bond acceptors (Lipinski definition) is 2. The van der Waals surface area contributed by atoms with Crippen LogP contribution in [0, 0.1) is 12.7 Å². The molecule has 0 radical (unpaired) electrons. The van der Waals surface area contributed by atoms with E-state index in [0.29, 0.717) is 17.8 Å². The maximum Gasteiger partial charge on any atom is 0.211 e. The monoisotopic (exact) mass is 219 g/mol. The van der Waals surface area contributed by atoms with Crippen molar-refractivity contribution in [2.24, 2.45) is 0 Å². The Kier molecular flexibility index (Phi) is 2.68. The Morgan fingerprint density at radius 3 is 2.88 bits per heavy atom. The number of aromatic nitrogens is 2. The van der Waals surface area contributed by atoms with Gasteiger partial charge in [-0.3, -0.25) is 4.79 Å². The molecule has 1 aromatic carbocycles. The second kappa shape index (κ2) is 4.14. The lowest BCUT2D eigenvalue weighted by atomic mass is 10.2. The summed E-state index contributed by atoms with van der Waals surface area (Å²) in [4.78, 5) is 14.2. The first-order chi connectivity index (χ1) is 7.70. The molecule has 16 heavy (non-hydrogen) atoms. The summed E-state index contributed by atoms with van der Waals surface area (Å²) >= 11 is 0. The Morgan fingerprint density at radius 1 is 1.50 bits per heavy atom. The standard InChI is InChI=1S/C11H10FN3O/c1-8-5-15(6-13-8)11-3-2-9(14-7-16)4-10(11)12/h2-7H,1H3,(H,14,16). The smallest absolute Gasteiger partial charge is 0.211 e. The molecule has 1 heterocycles. The number of halogens is 1. The Balaban J connectivity index is 2.39. The lowest BCUT2D eigenvalue weighted by Gasteiger charge is -2.05. The van der Waals surface area contributed by atoms with E-state index in [1.807, 2.05) is 6.92 Å². The minimum atomic E-state index is -0.413. The normalized spacial score (nSPS) is 10.1. The molecule has 2 rings (SSSR count). The zero-order valence-corrected chi connectivity index (χ0v) is 8.64. The van der Waals surface area contributed by atoms with Gasteiger partial charge in [-0.1, -0.05) is 0 Å². The first-order valence-corrected chi connectivity index (χ1v) is 4.71. The Hall–Kier alpha value is -2.17. The van der Waals surface area contributed by atoms with E-state index in [0.717, 1.165) is 5.69 Å². The van der Waals surface area contributed by atoms with E-state index < -0.39 is 5.82 Å². The largest absolute Gasteiger partial charge is 0.329 e. The molecule has 0 atom stereocenters. The van der Waals surface area contributed by atoms with Crippen molar-refractivity contribution in [3.8, 4) is 5.69 Å². The number of hydrogen-bond donors (Lipinski definition) is 1. The molecule has 0 aliphatic carbocycles. The molecule has 1 amide bonds. The number of anilines is 1. The molecular weight excluding hydrogens is 209 g/mol. The van der Waals surface area contributed by atoms with Gasteiger partial charge in [0.15, 0.2) is 0 Å². The molecule has 5 heteroatoms. The Labute approximate surface area is 91.7 Å². The minimum absolute atomic E-state index is 0.400. The molecule has 1 N–H and O–H groups in total. The summed E-state index contributed by atoms with van der Waals surface area (Å²) in [5.41, 5.74) is 1.64. The molecule has 82 valence electrons. The van der Waals surface area contributed by atoms with Crippen molar-refractivity contribution in [3.63, 3.8) is 0 Å². The zero-order chi connectivity index (χ0) is 11.5. The van der Waals surface area contributed by atoms with Gasteiger partial charge in [0.05, 0.1) is 17.7 Å². The molecular formula is C11H10FN3O. The molecule has 0 saturated heterocycles. The van der Waals surface area contributed by atoms with Crippen LogP contribution in [0.1, 0.15) is 5.69 Å². The first-order valence-electron chi connectivity index (χ1n) is 4.71. The van der Waals surface area contributed by atoms with Gasteiger partial charge in [-0.2, -0.15) is 0 Å². The van der Waals surface area contributed by atoms with Crippen LogP contribution in [0.2, 0.25) is 0 Å². The van der Waals surface area contributed by atoms with E-state index in [1.54, 1.807) is 29.2 Å². The van der Waals surface area contributed by atoms with Crippen molar-refractivity contribution in [2.45, 2.75) is 6.92 Å². The predicted octanol–water partition coefficient (Wildman–Crippen LogP) is 1.89. The number of carbonyl (C=O) groups is 1. The number of imidazole rings is 1. The highest BCUT2D eigenvalue weighted by Gasteiger charge is 2.05. The molecule has 0 unspecified atom stereocenters. The summed E-state index contributed by atoms with van der Waals surface area (Å²) in [7, 11) is 0. The lowest BCUT2D eigenvalue weighted by Crippen LogP contribution is -1.98. The third-order valence-corrected chi connectivity index (χ3v) is 2.16. The van der Waals surface area contributed by atoms with Crippen LogP contribution in [0.25, 0.3) is 5.69 Å². The number of benzene rings is 1. The topological polar surface area (TPSA) is 46.9 Å². The summed E-state index contributed by atoms with van der Waals surface area (Å²) in [5, 5.41) is 2.39. The van der Waals surface area contributed by atoms with Crippen LogP contribution in [0.4, 0.5) is 10.1 Å². The van der Waals surface area contributed by atoms with Crippen molar-refractivity contribution >= 4 is 12.1 Å². The molecule has 0 spiro atoms. The molecule has 0 saturated carbocycles. The van der Waals surface area contributed by atoms with Crippen molar-refractivity contribution in [3.05, 3.63) is 42.2 Å². The fourth-order valence-electron chi connectivity index (χ4n) is 1.43. The number of amides is 1. The second-order valence-corrected chi connectivity index (χ2v) is 3.35. The van der Waals surface area contributed by atoms with E-state index in [2.05, 4.69) is 10.3 Å². The minimum Gasteiger partial charge on any atom is -0.329 e. The number of nitrogens with one attached hydrogen (secondary N) is 1.